The van der Waals surface area contributed by atoms with Crippen LogP contribution in [0.15, 0.2) is 6.20 Å². The molecule has 8 heteroatoms. The van der Waals surface area contributed by atoms with Crippen LogP contribution in [0.3, 0.4) is 0 Å². The number of hydrogen-bond donors (Lipinski definition) is 0. The molecule has 5 nitrogen and oxygen atoms in total. The van der Waals surface area contributed by atoms with Crippen molar-refractivity contribution < 1.29 is 18.4 Å². The summed E-state index contributed by atoms with van der Waals surface area (Å²) in [6.07, 6.45) is -2.17. The maximum absolute atomic E-state index is 12.6. The fourth-order valence-electron chi connectivity index (χ4n) is 0.969. The van der Waals surface area contributed by atoms with Gasteiger partial charge in [0.1, 0.15) is 11.8 Å². The smallest absolute Gasteiger partial charge is 0.297 e. The topological polar surface area (TPSA) is 65.3 Å². The van der Waals surface area contributed by atoms with Crippen LogP contribution in [0.5, 0.6) is 5.88 Å². The van der Waals surface area contributed by atoms with E-state index in [0.29, 0.717) is 0 Å². The van der Waals surface area contributed by atoms with E-state index in [-0.39, 0.29) is 9.45 Å². The molecule has 1 aromatic rings. The predicted octanol–water partition coefficient (Wildman–Crippen LogP) is 2.54. The molecule has 0 aromatic carbocycles. The van der Waals surface area contributed by atoms with E-state index in [0.717, 1.165) is 6.20 Å². The molecule has 0 unspecified atom stereocenters. The molecular formula is C7H5F2IN2O3. The van der Waals surface area contributed by atoms with Crippen LogP contribution >= 0.6 is 22.6 Å². The van der Waals surface area contributed by atoms with Crippen molar-refractivity contribution in [2.45, 2.75) is 6.43 Å². The molecule has 0 aliphatic heterocycles. The molecule has 0 fully saturated rings. The van der Waals surface area contributed by atoms with Gasteiger partial charge in [-0.25, -0.2) is 13.8 Å². The van der Waals surface area contributed by atoms with Crippen molar-refractivity contribution in [3.8, 4) is 5.88 Å². The summed E-state index contributed by atoms with van der Waals surface area (Å²) in [5.41, 5.74) is -1.36. The number of nitrogens with zero attached hydrogens (tertiary/aromatic N) is 2. The minimum Gasteiger partial charge on any atom is -0.480 e. The van der Waals surface area contributed by atoms with Gasteiger partial charge in [-0.05, 0) is 22.6 Å². The van der Waals surface area contributed by atoms with Crippen LogP contribution in [-0.2, 0) is 0 Å². The summed E-state index contributed by atoms with van der Waals surface area (Å²) in [6.45, 7) is 0. The summed E-state index contributed by atoms with van der Waals surface area (Å²) >= 11 is 1.54. The normalized spacial score (nSPS) is 10.5. The zero-order valence-electron chi connectivity index (χ0n) is 7.41. The zero-order chi connectivity index (χ0) is 11.6. The van der Waals surface area contributed by atoms with Crippen molar-refractivity contribution in [1.82, 2.24) is 4.98 Å². The Morgan fingerprint density at radius 1 is 1.67 bits per heavy atom. The SMILES string of the molecule is COc1ncc([N+](=O)[O-])c(C(F)F)c1I. The lowest BCUT2D eigenvalue weighted by molar-refractivity contribution is -0.386. The average Bonchev–Trinajstić information content (AvgIpc) is 2.16. The average molecular weight is 330 g/mol. The second-order valence-corrected chi connectivity index (χ2v) is 3.52. The maximum atomic E-state index is 12.6. The van der Waals surface area contributed by atoms with E-state index >= 15 is 0 Å². The summed E-state index contributed by atoms with van der Waals surface area (Å²) in [6, 6.07) is 0. The van der Waals surface area contributed by atoms with Crippen LogP contribution in [0.4, 0.5) is 14.5 Å². The van der Waals surface area contributed by atoms with E-state index < -0.39 is 22.6 Å². The minimum atomic E-state index is -2.94. The Bertz CT molecular complexity index is 400. The molecule has 0 saturated heterocycles. The largest absolute Gasteiger partial charge is 0.480 e. The van der Waals surface area contributed by atoms with E-state index in [9.17, 15) is 18.9 Å². The predicted molar refractivity (Wildman–Crippen MR) is 55.1 cm³/mol. The molecule has 0 spiro atoms. The van der Waals surface area contributed by atoms with E-state index in [4.69, 9.17) is 4.74 Å². The lowest BCUT2D eigenvalue weighted by Crippen LogP contribution is -2.02. The molecular weight excluding hydrogens is 325 g/mol. The number of methoxy groups -OCH3 is 1. The molecule has 1 rings (SSSR count). The molecule has 0 saturated carbocycles. The molecule has 0 aliphatic carbocycles. The molecule has 0 N–H and O–H groups in total. The van der Waals surface area contributed by atoms with Gasteiger partial charge in [0.2, 0.25) is 5.88 Å². The summed E-state index contributed by atoms with van der Waals surface area (Å²) in [5, 5.41) is 10.5. The highest BCUT2D eigenvalue weighted by atomic mass is 127. The number of pyridine rings is 1. The van der Waals surface area contributed by atoms with Crippen LogP contribution in [-0.4, -0.2) is 17.0 Å². The van der Waals surface area contributed by atoms with Gasteiger partial charge < -0.3 is 4.74 Å². The summed E-state index contributed by atoms with van der Waals surface area (Å²) < 4.78 is 29.8. The third-order valence-electron chi connectivity index (χ3n) is 1.61. The van der Waals surface area contributed by atoms with Crippen LogP contribution in [0, 0.1) is 13.7 Å². The van der Waals surface area contributed by atoms with Gasteiger partial charge in [0.05, 0.1) is 15.6 Å². The van der Waals surface area contributed by atoms with Crippen molar-refractivity contribution in [2.24, 2.45) is 0 Å². The van der Waals surface area contributed by atoms with E-state index in [1.165, 1.54) is 7.11 Å². The Hall–Kier alpha value is -1.06. The Balaban J connectivity index is 3.44. The highest BCUT2D eigenvalue weighted by Gasteiger charge is 2.27. The first-order valence-corrected chi connectivity index (χ1v) is 4.71. The second kappa shape index (κ2) is 4.64. The third kappa shape index (κ3) is 2.30. The van der Waals surface area contributed by atoms with Gasteiger partial charge in [-0.15, -0.1) is 0 Å². The number of ether oxygens (including phenoxy) is 1. The first kappa shape index (κ1) is 12.0. The number of alkyl halides is 2. The van der Waals surface area contributed by atoms with Crippen molar-refractivity contribution in [3.05, 3.63) is 25.4 Å². The molecule has 1 heterocycles. The van der Waals surface area contributed by atoms with Crippen molar-refractivity contribution in [1.29, 1.82) is 0 Å². The summed E-state index contributed by atoms with van der Waals surface area (Å²) in [5.74, 6) is -0.0449. The van der Waals surface area contributed by atoms with Crippen molar-refractivity contribution >= 4 is 28.3 Å². The molecule has 15 heavy (non-hydrogen) atoms. The Kier molecular flexibility index (Phi) is 3.72. The molecule has 82 valence electrons. The lowest BCUT2D eigenvalue weighted by atomic mass is 10.2. The van der Waals surface area contributed by atoms with Gasteiger partial charge >= 0.3 is 0 Å². The third-order valence-corrected chi connectivity index (χ3v) is 2.66. The standard InChI is InChI=1S/C7H5F2IN2O3/c1-15-7-5(10)4(6(8)9)3(2-11-7)12(13)14/h2,6H,1H3. The van der Waals surface area contributed by atoms with E-state index in [1.54, 1.807) is 22.6 Å². The molecule has 0 radical (unpaired) electrons. The van der Waals surface area contributed by atoms with E-state index in [2.05, 4.69) is 4.98 Å². The quantitative estimate of drug-likeness (QED) is 0.485. The van der Waals surface area contributed by atoms with Crippen LogP contribution in [0.25, 0.3) is 0 Å². The van der Waals surface area contributed by atoms with Crippen LogP contribution in [0.2, 0.25) is 0 Å². The monoisotopic (exact) mass is 330 g/mol. The fourth-order valence-corrected chi connectivity index (χ4v) is 1.84. The molecule has 1 aromatic heterocycles. The highest BCUT2D eigenvalue weighted by molar-refractivity contribution is 14.1. The number of aromatic nitrogens is 1. The zero-order valence-corrected chi connectivity index (χ0v) is 9.57. The minimum absolute atomic E-state index is 0.0423. The maximum Gasteiger partial charge on any atom is 0.297 e. The van der Waals surface area contributed by atoms with Gasteiger partial charge in [0.15, 0.2) is 0 Å². The van der Waals surface area contributed by atoms with Crippen molar-refractivity contribution in [2.75, 3.05) is 7.11 Å². The Morgan fingerprint density at radius 3 is 2.67 bits per heavy atom. The number of halogens is 3. The fraction of sp³-hybridized carbons (Fsp3) is 0.286. The van der Waals surface area contributed by atoms with Gasteiger partial charge in [0, 0.05) is 0 Å². The van der Waals surface area contributed by atoms with Gasteiger partial charge in [-0.2, -0.15) is 0 Å². The summed E-state index contributed by atoms with van der Waals surface area (Å²) in [7, 11) is 1.26. The number of hydrogen-bond acceptors (Lipinski definition) is 4. The lowest BCUT2D eigenvalue weighted by Gasteiger charge is -2.07. The van der Waals surface area contributed by atoms with Gasteiger partial charge in [-0.1, -0.05) is 0 Å². The molecule has 0 bridgehead atoms. The number of rotatable bonds is 3. The first-order chi connectivity index (χ1) is 6.99. The van der Waals surface area contributed by atoms with Gasteiger partial charge in [-0.3, -0.25) is 10.1 Å². The van der Waals surface area contributed by atoms with E-state index in [1.807, 2.05) is 0 Å². The molecule has 0 atom stereocenters. The molecule has 0 amide bonds. The van der Waals surface area contributed by atoms with Crippen LogP contribution < -0.4 is 4.74 Å². The summed E-state index contributed by atoms with van der Waals surface area (Å²) in [4.78, 5) is 13.1. The number of nitro groups is 1. The van der Waals surface area contributed by atoms with Crippen LogP contribution in [0.1, 0.15) is 12.0 Å². The van der Waals surface area contributed by atoms with Gasteiger partial charge in [0.25, 0.3) is 12.1 Å². The Labute approximate surface area is 96.7 Å². The highest BCUT2D eigenvalue weighted by Crippen LogP contribution is 2.36. The Morgan fingerprint density at radius 2 is 2.27 bits per heavy atom. The molecule has 0 aliphatic rings. The second-order valence-electron chi connectivity index (χ2n) is 2.44. The van der Waals surface area contributed by atoms with Crippen molar-refractivity contribution in [3.63, 3.8) is 0 Å². The first-order valence-electron chi connectivity index (χ1n) is 3.64.